The van der Waals surface area contributed by atoms with Crippen LogP contribution in [0, 0.1) is 11.7 Å². The number of ether oxygens (including phenoxy) is 1. The zero-order valence-corrected chi connectivity index (χ0v) is 9.07. The average Bonchev–Trinajstić information content (AvgIpc) is 2.14. The Morgan fingerprint density at radius 3 is 2.64 bits per heavy atom. The van der Waals surface area contributed by atoms with Gasteiger partial charge in [-0.3, -0.25) is 0 Å². The van der Waals surface area contributed by atoms with Crippen LogP contribution in [-0.4, -0.2) is 12.5 Å². The van der Waals surface area contributed by atoms with E-state index in [4.69, 9.17) is 16.3 Å². The third kappa shape index (κ3) is 3.18. The molecule has 0 amide bonds. The molecule has 14 heavy (non-hydrogen) atoms. The standard InChI is InChI=1S/C11H13ClFO/c1-8(2)9-5-10(13)7-11(6-9)14-4-3-12/h5-7H,3-4H2,1-2H3. The van der Waals surface area contributed by atoms with E-state index in [9.17, 15) is 4.39 Å². The van der Waals surface area contributed by atoms with Crippen molar-refractivity contribution in [2.45, 2.75) is 13.8 Å². The molecule has 0 saturated heterocycles. The minimum absolute atomic E-state index is 0.284. The highest BCUT2D eigenvalue weighted by Crippen LogP contribution is 2.21. The Bertz CT molecular complexity index is 299. The van der Waals surface area contributed by atoms with Gasteiger partial charge in [-0.2, -0.15) is 0 Å². The van der Waals surface area contributed by atoms with E-state index in [-0.39, 0.29) is 5.82 Å². The first-order valence-electron chi connectivity index (χ1n) is 4.43. The third-order valence-corrected chi connectivity index (χ3v) is 1.95. The van der Waals surface area contributed by atoms with Crippen molar-refractivity contribution in [1.82, 2.24) is 0 Å². The number of halogens is 2. The van der Waals surface area contributed by atoms with Crippen molar-refractivity contribution in [1.29, 1.82) is 0 Å². The Morgan fingerprint density at radius 1 is 1.36 bits per heavy atom. The molecule has 0 bridgehead atoms. The van der Waals surface area contributed by atoms with E-state index < -0.39 is 0 Å². The smallest absolute Gasteiger partial charge is 0.127 e. The number of hydrogen-bond acceptors (Lipinski definition) is 1. The molecule has 1 radical (unpaired) electrons. The highest BCUT2D eigenvalue weighted by molar-refractivity contribution is 6.17. The van der Waals surface area contributed by atoms with Crippen molar-refractivity contribution in [2.24, 2.45) is 0 Å². The van der Waals surface area contributed by atoms with Crippen molar-refractivity contribution in [3.8, 4) is 5.75 Å². The largest absolute Gasteiger partial charge is 0.492 e. The Kier molecular flexibility index (Phi) is 4.21. The van der Waals surface area contributed by atoms with E-state index in [1.165, 1.54) is 12.1 Å². The highest BCUT2D eigenvalue weighted by atomic mass is 35.5. The highest BCUT2D eigenvalue weighted by Gasteiger charge is 2.05. The zero-order valence-electron chi connectivity index (χ0n) is 8.31. The van der Waals surface area contributed by atoms with Gasteiger partial charge < -0.3 is 4.74 Å². The van der Waals surface area contributed by atoms with Crippen LogP contribution in [0.1, 0.15) is 19.4 Å². The summed E-state index contributed by atoms with van der Waals surface area (Å²) >= 11 is 5.47. The SMILES string of the molecule is C[C](C)c1cc(F)cc(OCCCl)c1. The summed E-state index contributed by atoms with van der Waals surface area (Å²) in [5.74, 6) is 1.70. The summed E-state index contributed by atoms with van der Waals surface area (Å²) < 4.78 is 18.3. The van der Waals surface area contributed by atoms with Gasteiger partial charge >= 0.3 is 0 Å². The Balaban J connectivity index is 2.84. The molecule has 0 atom stereocenters. The molecule has 0 saturated carbocycles. The maximum Gasteiger partial charge on any atom is 0.127 e. The predicted molar refractivity (Wildman–Crippen MR) is 56.3 cm³/mol. The molecule has 3 heteroatoms. The van der Waals surface area contributed by atoms with Crippen molar-refractivity contribution >= 4 is 11.6 Å². The van der Waals surface area contributed by atoms with Crippen LogP contribution in [0.5, 0.6) is 5.75 Å². The van der Waals surface area contributed by atoms with Crippen molar-refractivity contribution in [3.05, 3.63) is 35.5 Å². The van der Waals surface area contributed by atoms with Crippen LogP contribution >= 0.6 is 11.6 Å². The fourth-order valence-electron chi connectivity index (χ4n) is 1.09. The normalized spacial score (nSPS) is 10.6. The summed E-state index contributed by atoms with van der Waals surface area (Å²) in [5, 5.41) is 0. The molecule has 0 N–H and O–H groups in total. The first-order chi connectivity index (χ1) is 6.63. The summed E-state index contributed by atoms with van der Waals surface area (Å²) in [6.45, 7) is 4.26. The molecule has 0 fully saturated rings. The van der Waals surface area contributed by atoms with E-state index in [0.29, 0.717) is 18.2 Å². The maximum atomic E-state index is 13.1. The van der Waals surface area contributed by atoms with E-state index in [1.54, 1.807) is 0 Å². The van der Waals surface area contributed by atoms with Crippen LogP contribution in [-0.2, 0) is 0 Å². The van der Waals surface area contributed by atoms with Crippen molar-refractivity contribution in [2.75, 3.05) is 12.5 Å². The number of rotatable bonds is 4. The lowest BCUT2D eigenvalue weighted by Crippen LogP contribution is -2.00. The molecule has 0 aliphatic heterocycles. The van der Waals surface area contributed by atoms with E-state index >= 15 is 0 Å². The molecule has 1 rings (SSSR count). The van der Waals surface area contributed by atoms with Crippen LogP contribution in [0.4, 0.5) is 4.39 Å². The Hall–Kier alpha value is -0.760. The van der Waals surface area contributed by atoms with Crippen molar-refractivity contribution < 1.29 is 9.13 Å². The molecule has 1 nitrogen and oxygen atoms in total. The van der Waals surface area contributed by atoms with E-state index in [1.807, 2.05) is 19.9 Å². The fourth-order valence-corrected chi connectivity index (χ4v) is 1.17. The summed E-state index contributed by atoms with van der Waals surface area (Å²) in [7, 11) is 0. The van der Waals surface area contributed by atoms with Gasteiger partial charge in [-0.15, -0.1) is 11.6 Å². The minimum atomic E-state index is -0.284. The zero-order chi connectivity index (χ0) is 10.6. The lowest BCUT2D eigenvalue weighted by molar-refractivity contribution is 0.340. The molecular weight excluding hydrogens is 203 g/mol. The molecule has 0 heterocycles. The summed E-state index contributed by atoms with van der Waals surface area (Å²) in [5.41, 5.74) is 0.856. The Labute approximate surface area is 88.8 Å². The predicted octanol–water partition coefficient (Wildman–Crippen LogP) is 3.41. The molecule has 0 aliphatic carbocycles. The minimum Gasteiger partial charge on any atom is -0.492 e. The maximum absolute atomic E-state index is 13.1. The number of benzene rings is 1. The van der Waals surface area contributed by atoms with Crippen LogP contribution < -0.4 is 4.74 Å². The lowest BCUT2D eigenvalue weighted by atomic mass is 10.0. The van der Waals surface area contributed by atoms with Gasteiger partial charge in [0.15, 0.2) is 0 Å². The molecule has 0 spiro atoms. The second kappa shape index (κ2) is 5.20. The average molecular weight is 216 g/mol. The summed E-state index contributed by atoms with van der Waals surface area (Å²) in [6, 6.07) is 4.66. The van der Waals surface area contributed by atoms with Crippen LogP contribution in [0.15, 0.2) is 18.2 Å². The number of hydrogen-bond donors (Lipinski definition) is 0. The van der Waals surface area contributed by atoms with Crippen LogP contribution in [0.2, 0.25) is 0 Å². The second-order valence-electron chi connectivity index (χ2n) is 3.21. The van der Waals surface area contributed by atoms with Gasteiger partial charge in [-0.25, -0.2) is 4.39 Å². The second-order valence-corrected chi connectivity index (χ2v) is 3.59. The monoisotopic (exact) mass is 215 g/mol. The van der Waals surface area contributed by atoms with Gasteiger partial charge in [0.1, 0.15) is 18.2 Å². The summed E-state index contributed by atoms with van der Waals surface area (Å²) in [4.78, 5) is 0. The number of alkyl halides is 1. The Morgan fingerprint density at radius 2 is 2.07 bits per heavy atom. The molecule has 0 aliphatic rings. The molecule has 1 aromatic carbocycles. The molecular formula is C11H13ClFO. The van der Waals surface area contributed by atoms with Gasteiger partial charge in [-0.1, -0.05) is 13.8 Å². The van der Waals surface area contributed by atoms with E-state index in [0.717, 1.165) is 11.5 Å². The molecule has 0 aromatic heterocycles. The van der Waals surface area contributed by atoms with Gasteiger partial charge in [0.25, 0.3) is 0 Å². The van der Waals surface area contributed by atoms with Gasteiger partial charge in [0.05, 0.1) is 5.88 Å². The van der Waals surface area contributed by atoms with Crippen molar-refractivity contribution in [3.63, 3.8) is 0 Å². The first-order valence-corrected chi connectivity index (χ1v) is 4.97. The lowest BCUT2D eigenvalue weighted by Gasteiger charge is -2.09. The fraction of sp³-hybridized carbons (Fsp3) is 0.364. The van der Waals surface area contributed by atoms with Crippen LogP contribution in [0.25, 0.3) is 0 Å². The molecule has 0 unspecified atom stereocenters. The summed E-state index contributed by atoms with van der Waals surface area (Å²) in [6.07, 6.45) is 0. The van der Waals surface area contributed by atoms with E-state index in [2.05, 4.69) is 0 Å². The topological polar surface area (TPSA) is 9.23 Å². The van der Waals surface area contributed by atoms with Crippen LogP contribution in [0.3, 0.4) is 0 Å². The first kappa shape index (κ1) is 11.3. The van der Waals surface area contributed by atoms with Gasteiger partial charge in [-0.05, 0) is 23.6 Å². The molecule has 1 aromatic rings. The van der Waals surface area contributed by atoms with Gasteiger partial charge in [0.2, 0.25) is 0 Å². The molecule has 77 valence electrons. The third-order valence-electron chi connectivity index (χ3n) is 1.79. The van der Waals surface area contributed by atoms with Gasteiger partial charge in [0, 0.05) is 6.07 Å². The quantitative estimate of drug-likeness (QED) is 0.700.